The Morgan fingerprint density at radius 1 is 1.10 bits per heavy atom. The zero-order valence-corrected chi connectivity index (χ0v) is 14.2. The van der Waals surface area contributed by atoms with Crippen LogP contribution in [0.4, 0.5) is 0 Å². The SMILES string of the molecule is CCC(N)(Cc1ccccc1)Cc1cc(Br)ccc1OC. The molecule has 0 amide bonds. The van der Waals surface area contributed by atoms with Crippen molar-refractivity contribution in [2.45, 2.75) is 31.7 Å². The molecule has 112 valence electrons. The lowest BCUT2D eigenvalue weighted by molar-refractivity contribution is 0.378. The molecule has 0 aliphatic carbocycles. The van der Waals surface area contributed by atoms with Crippen molar-refractivity contribution >= 4 is 15.9 Å². The van der Waals surface area contributed by atoms with E-state index in [1.165, 1.54) is 5.56 Å². The van der Waals surface area contributed by atoms with Gasteiger partial charge >= 0.3 is 0 Å². The molecule has 0 bridgehead atoms. The molecule has 1 unspecified atom stereocenters. The fourth-order valence-electron chi connectivity index (χ4n) is 2.58. The van der Waals surface area contributed by atoms with Gasteiger partial charge in [0.15, 0.2) is 0 Å². The summed E-state index contributed by atoms with van der Waals surface area (Å²) in [4.78, 5) is 0. The average Bonchev–Trinajstić information content (AvgIpc) is 2.48. The number of nitrogens with two attached hydrogens (primary N) is 1. The van der Waals surface area contributed by atoms with Gasteiger partial charge in [0.2, 0.25) is 0 Å². The maximum Gasteiger partial charge on any atom is 0.122 e. The molecule has 0 aromatic heterocycles. The minimum atomic E-state index is -0.268. The summed E-state index contributed by atoms with van der Waals surface area (Å²) in [5.74, 6) is 0.898. The van der Waals surface area contributed by atoms with E-state index in [2.05, 4.69) is 53.2 Å². The maximum absolute atomic E-state index is 6.66. The Labute approximate surface area is 135 Å². The molecule has 0 saturated carbocycles. The monoisotopic (exact) mass is 347 g/mol. The van der Waals surface area contributed by atoms with Crippen molar-refractivity contribution in [2.75, 3.05) is 7.11 Å². The third-order valence-electron chi connectivity index (χ3n) is 3.89. The molecule has 0 radical (unpaired) electrons. The summed E-state index contributed by atoms with van der Waals surface area (Å²) in [6.45, 7) is 2.15. The van der Waals surface area contributed by atoms with Gasteiger partial charge in [-0.1, -0.05) is 53.2 Å². The Hall–Kier alpha value is -1.32. The van der Waals surface area contributed by atoms with E-state index in [9.17, 15) is 0 Å². The molecule has 0 spiro atoms. The molecule has 2 nitrogen and oxygen atoms in total. The molecule has 1 atom stereocenters. The van der Waals surface area contributed by atoms with Crippen molar-refractivity contribution in [3.63, 3.8) is 0 Å². The van der Waals surface area contributed by atoms with Crippen molar-refractivity contribution < 1.29 is 4.74 Å². The van der Waals surface area contributed by atoms with Gasteiger partial charge in [-0.25, -0.2) is 0 Å². The van der Waals surface area contributed by atoms with E-state index in [1.54, 1.807) is 7.11 Å². The molecular weight excluding hydrogens is 326 g/mol. The predicted octanol–water partition coefficient (Wildman–Crippen LogP) is 4.35. The van der Waals surface area contributed by atoms with Gasteiger partial charge in [-0.3, -0.25) is 0 Å². The van der Waals surface area contributed by atoms with Crippen LogP contribution in [0.25, 0.3) is 0 Å². The van der Waals surface area contributed by atoms with Crippen molar-refractivity contribution in [3.05, 3.63) is 64.1 Å². The summed E-state index contributed by atoms with van der Waals surface area (Å²) in [5.41, 5.74) is 8.82. The van der Waals surface area contributed by atoms with Crippen LogP contribution in [0.3, 0.4) is 0 Å². The fourth-order valence-corrected chi connectivity index (χ4v) is 2.99. The molecule has 21 heavy (non-hydrogen) atoms. The smallest absolute Gasteiger partial charge is 0.122 e. The van der Waals surface area contributed by atoms with Crippen LogP contribution in [0.1, 0.15) is 24.5 Å². The molecule has 0 saturated heterocycles. The Bertz CT molecular complexity index is 585. The van der Waals surface area contributed by atoms with Crippen molar-refractivity contribution in [2.24, 2.45) is 5.73 Å². The number of rotatable bonds is 6. The number of halogens is 1. The molecule has 2 aromatic rings. The van der Waals surface area contributed by atoms with E-state index >= 15 is 0 Å². The van der Waals surface area contributed by atoms with Gasteiger partial charge in [-0.2, -0.15) is 0 Å². The molecule has 0 fully saturated rings. The largest absolute Gasteiger partial charge is 0.496 e. The third-order valence-corrected chi connectivity index (χ3v) is 4.38. The van der Waals surface area contributed by atoms with Crippen LogP contribution >= 0.6 is 15.9 Å². The second-order valence-corrected chi connectivity index (χ2v) is 6.43. The van der Waals surface area contributed by atoms with E-state index in [4.69, 9.17) is 10.5 Å². The fraction of sp³-hybridized carbons (Fsp3) is 0.333. The minimum Gasteiger partial charge on any atom is -0.496 e. The number of benzene rings is 2. The highest BCUT2D eigenvalue weighted by Crippen LogP contribution is 2.28. The summed E-state index contributed by atoms with van der Waals surface area (Å²) in [7, 11) is 1.70. The van der Waals surface area contributed by atoms with Crippen molar-refractivity contribution in [1.82, 2.24) is 0 Å². The van der Waals surface area contributed by atoms with Gasteiger partial charge in [-0.15, -0.1) is 0 Å². The Balaban J connectivity index is 2.23. The molecule has 2 rings (SSSR count). The van der Waals surface area contributed by atoms with E-state index in [-0.39, 0.29) is 5.54 Å². The number of methoxy groups -OCH3 is 1. The predicted molar refractivity (Wildman–Crippen MR) is 91.8 cm³/mol. The van der Waals surface area contributed by atoms with Crippen LogP contribution in [0.5, 0.6) is 5.75 Å². The van der Waals surface area contributed by atoms with E-state index in [1.807, 2.05) is 18.2 Å². The summed E-state index contributed by atoms with van der Waals surface area (Å²) in [5, 5.41) is 0. The van der Waals surface area contributed by atoms with Crippen LogP contribution in [-0.4, -0.2) is 12.6 Å². The van der Waals surface area contributed by atoms with Gasteiger partial charge in [0.05, 0.1) is 7.11 Å². The Kier molecular flexibility index (Phi) is 5.43. The average molecular weight is 348 g/mol. The van der Waals surface area contributed by atoms with Crippen molar-refractivity contribution in [3.8, 4) is 5.75 Å². The first-order valence-corrected chi connectivity index (χ1v) is 8.01. The first-order chi connectivity index (χ1) is 10.1. The van der Waals surface area contributed by atoms with E-state index < -0.39 is 0 Å². The topological polar surface area (TPSA) is 35.2 Å². The maximum atomic E-state index is 6.66. The normalized spacial score (nSPS) is 13.7. The minimum absolute atomic E-state index is 0.268. The number of hydrogen-bond acceptors (Lipinski definition) is 2. The third kappa shape index (κ3) is 4.32. The van der Waals surface area contributed by atoms with Crippen molar-refractivity contribution in [1.29, 1.82) is 0 Å². The van der Waals surface area contributed by atoms with Gasteiger partial charge < -0.3 is 10.5 Å². The second-order valence-electron chi connectivity index (χ2n) is 5.51. The lowest BCUT2D eigenvalue weighted by Gasteiger charge is -2.29. The van der Waals surface area contributed by atoms with Gasteiger partial charge in [-0.05, 0) is 48.6 Å². The van der Waals surface area contributed by atoms with Crippen LogP contribution in [0, 0.1) is 0 Å². The molecule has 0 aliphatic rings. The standard InChI is InChI=1S/C18H22BrNO/c1-3-18(20,12-14-7-5-4-6-8-14)13-15-11-16(19)9-10-17(15)21-2/h4-11H,3,12-13,20H2,1-2H3. The zero-order valence-electron chi connectivity index (χ0n) is 12.6. The lowest BCUT2D eigenvalue weighted by atomic mass is 9.83. The van der Waals surface area contributed by atoms with Crippen LogP contribution in [0.2, 0.25) is 0 Å². The van der Waals surface area contributed by atoms with Gasteiger partial charge in [0.25, 0.3) is 0 Å². The van der Waals surface area contributed by atoms with Crippen LogP contribution in [-0.2, 0) is 12.8 Å². The molecular formula is C18H22BrNO. The highest BCUT2D eigenvalue weighted by atomic mass is 79.9. The van der Waals surface area contributed by atoms with Gasteiger partial charge in [0, 0.05) is 10.0 Å². The Morgan fingerprint density at radius 2 is 1.81 bits per heavy atom. The number of hydrogen-bond donors (Lipinski definition) is 1. The number of ether oxygens (including phenoxy) is 1. The van der Waals surface area contributed by atoms with E-state index in [0.29, 0.717) is 0 Å². The molecule has 0 heterocycles. The summed E-state index contributed by atoms with van der Waals surface area (Å²) < 4.78 is 6.52. The second kappa shape index (κ2) is 7.10. The van der Waals surface area contributed by atoms with Crippen LogP contribution < -0.4 is 10.5 Å². The quantitative estimate of drug-likeness (QED) is 0.842. The summed E-state index contributed by atoms with van der Waals surface area (Å²) in [6.07, 6.45) is 2.57. The summed E-state index contributed by atoms with van der Waals surface area (Å²) >= 11 is 3.53. The molecule has 0 aliphatic heterocycles. The zero-order chi connectivity index (χ0) is 15.3. The van der Waals surface area contributed by atoms with E-state index in [0.717, 1.165) is 35.0 Å². The highest BCUT2D eigenvalue weighted by Gasteiger charge is 2.25. The van der Waals surface area contributed by atoms with Crippen LogP contribution in [0.15, 0.2) is 53.0 Å². The molecule has 2 N–H and O–H groups in total. The Morgan fingerprint density at radius 3 is 2.43 bits per heavy atom. The van der Waals surface area contributed by atoms with Gasteiger partial charge in [0.1, 0.15) is 5.75 Å². The first kappa shape index (κ1) is 16.1. The highest BCUT2D eigenvalue weighted by molar-refractivity contribution is 9.10. The molecule has 2 aromatic carbocycles. The molecule has 3 heteroatoms. The lowest BCUT2D eigenvalue weighted by Crippen LogP contribution is -2.43. The summed E-state index contributed by atoms with van der Waals surface area (Å²) in [6, 6.07) is 16.5. The first-order valence-electron chi connectivity index (χ1n) is 7.21.